The first-order chi connectivity index (χ1) is 8.49. The van der Waals surface area contributed by atoms with Crippen LogP contribution in [0.2, 0.25) is 0 Å². The fourth-order valence-electron chi connectivity index (χ4n) is 2.42. The second-order valence-corrected chi connectivity index (χ2v) is 6.25. The molecule has 1 unspecified atom stereocenters. The first-order valence-electron chi connectivity index (χ1n) is 7.07. The maximum Gasteiger partial charge on any atom is 0.0510 e. The monoisotopic (exact) mass is 246 g/mol. The van der Waals surface area contributed by atoms with E-state index in [0.29, 0.717) is 6.04 Å². The topological polar surface area (TPSA) is 29.3 Å². The Morgan fingerprint density at radius 3 is 2.39 bits per heavy atom. The van der Waals surface area contributed by atoms with Gasteiger partial charge in [0.1, 0.15) is 0 Å². The van der Waals surface area contributed by atoms with Crippen LogP contribution >= 0.6 is 0 Å². The van der Waals surface area contributed by atoms with E-state index in [1.807, 2.05) is 6.07 Å². The van der Waals surface area contributed by atoms with Crippen LogP contribution in [0.4, 0.5) is 0 Å². The average molecular weight is 246 g/mol. The van der Waals surface area contributed by atoms with Crippen LogP contribution in [-0.4, -0.2) is 24.0 Å². The Hall–Kier alpha value is -0.860. The van der Waals surface area contributed by atoms with Gasteiger partial charge >= 0.3 is 0 Å². The Labute approximate surface area is 111 Å². The third-order valence-electron chi connectivity index (χ3n) is 3.88. The molecule has 2 N–H and O–H groups in total. The highest BCUT2D eigenvalue weighted by Gasteiger charge is 2.30. The van der Waals surface area contributed by atoms with Crippen LogP contribution in [0.3, 0.4) is 0 Å². The molecule has 1 aliphatic rings. The number of nitrogens with zero attached hydrogens (tertiary/aromatic N) is 1. The molecule has 0 aliphatic heterocycles. The average Bonchev–Trinajstić information content (AvgIpc) is 3.13. The van der Waals surface area contributed by atoms with Crippen LogP contribution in [0.15, 0.2) is 30.3 Å². The van der Waals surface area contributed by atoms with Crippen molar-refractivity contribution in [2.75, 3.05) is 13.1 Å². The predicted octanol–water partition coefficient (Wildman–Crippen LogP) is 2.98. The smallest absolute Gasteiger partial charge is 0.0510 e. The van der Waals surface area contributed by atoms with Gasteiger partial charge in [0, 0.05) is 19.1 Å². The highest BCUT2D eigenvalue weighted by molar-refractivity contribution is 5.23. The minimum Gasteiger partial charge on any atom is -0.321 e. The van der Waals surface area contributed by atoms with Gasteiger partial charge in [-0.1, -0.05) is 30.3 Å². The molecule has 0 amide bonds. The zero-order chi connectivity index (χ0) is 13.2. The van der Waals surface area contributed by atoms with Crippen LogP contribution in [0.5, 0.6) is 0 Å². The normalized spacial score (nSPS) is 19.2. The van der Waals surface area contributed by atoms with Gasteiger partial charge in [-0.25, -0.2) is 0 Å². The van der Waals surface area contributed by atoms with Gasteiger partial charge in [0.05, 0.1) is 5.54 Å². The van der Waals surface area contributed by atoms with Crippen molar-refractivity contribution in [2.45, 2.75) is 45.2 Å². The lowest BCUT2D eigenvalue weighted by molar-refractivity contribution is 0.169. The summed E-state index contributed by atoms with van der Waals surface area (Å²) in [6.45, 7) is 8.82. The fourth-order valence-corrected chi connectivity index (χ4v) is 2.42. The van der Waals surface area contributed by atoms with Crippen LogP contribution in [-0.2, 0) is 5.54 Å². The quantitative estimate of drug-likeness (QED) is 0.836. The maximum atomic E-state index is 6.53. The third-order valence-corrected chi connectivity index (χ3v) is 3.88. The maximum absolute atomic E-state index is 6.53. The van der Waals surface area contributed by atoms with Crippen molar-refractivity contribution < 1.29 is 0 Å². The molecule has 0 aromatic heterocycles. The van der Waals surface area contributed by atoms with Crippen LogP contribution in [0.1, 0.15) is 39.2 Å². The fraction of sp³-hybridized carbons (Fsp3) is 0.625. The molecule has 0 heterocycles. The van der Waals surface area contributed by atoms with Crippen molar-refractivity contribution in [2.24, 2.45) is 11.7 Å². The minimum absolute atomic E-state index is 0.263. The van der Waals surface area contributed by atoms with Crippen LogP contribution in [0, 0.1) is 5.92 Å². The van der Waals surface area contributed by atoms with Gasteiger partial charge in [-0.05, 0) is 45.1 Å². The molecule has 0 saturated heterocycles. The van der Waals surface area contributed by atoms with E-state index in [2.05, 4.69) is 49.9 Å². The van der Waals surface area contributed by atoms with Gasteiger partial charge in [0.25, 0.3) is 0 Å². The second kappa shape index (κ2) is 5.41. The van der Waals surface area contributed by atoms with Crippen molar-refractivity contribution in [1.29, 1.82) is 0 Å². The van der Waals surface area contributed by atoms with Crippen molar-refractivity contribution in [3.05, 3.63) is 35.9 Å². The first kappa shape index (κ1) is 13.6. The van der Waals surface area contributed by atoms with Crippen LogP contribution in [0.25, 0.3) is 0 Å². The summed E-state index contributed by atoms with van der Waals surface area (Å²) in [4.78, 5) is 2.53. The number of hydrogen-bond acceptors (Lipinski definition) is 2. The third kappa shape index (κ3) is 3.56. The molecule has 18 heavy (non-hydrogen) atoms. The lowest BCUT2D eigenvalue weighted by Gasteiger charge is -2.35. The van der Waals surface area contributed by atoms with Gasteiger partial charge < -0.3 is 5.73 Å². The number of hydrogen-bond donors (Lipinski definition) is 1. The standard InChI is InChI=1S/C16H26N2/c1-13(2)18(11-14-9-10-14)12-16(3,17)15-7-5-4-6-8-15/h4-8,13-14H,9-12,17H2,1-3H3. The summed E-state index contributed by atoms with van der Waals surface area (Å²) in [6.07, 6.45) is 2.80. The highest BCUT2D eigenvalue weighted by Crippen LogP contribution is 2.31. The predicted molar refractivity (Wildman–Crippen MR) is 77.4 cm³/mol. The van der Waals surface area contributed by atoms with E-state index in [9.17, 15) is 0 Å². The lowest BCUT2D eigenvalue weighted by atomic mass is 9.92. The van der Waals surface area contributed by atoms with Gasteiger partial charge in [-0.15, -0.1) is 0 Å². The molecule has 100 valence electrons. The summed E-state index contributed by atoms with van der Waals surface area (Å²) in [6, 6.07) is 11.0. The molecule has 1 aromatic carbocycles. The second-order valence-electron chi connectivity index (χ2n) is 6.25. The van der Waals surface area contributed by atoms with Crippen molar-refractivity contribution in [3.8, 4) is 0 Å². The molecule has 1 atom stereocenters. The molecule has 0 spiro atoms. The Bertz CT molecular complexity index is 366. The number of benzene rings is 1. The summed E-state index contributed by atoms with van der Waals surface area (Å²) >= 11 is 0. The zero-order valence-corrected chi connectivity index (χ0v) is 11.9. The Balaban J connectivity index is 2.04. The van der Waals surface area contributed by atoms with Gasteiger partial charge in [0.15, 0.2) is 0 Å². The van der Waals surface area contributed by atoms with E-state index in [-0.39, 0.29) is 5.54 Å². The van der Waals surface area contributed by atoms with E-state index in [1.165, 1.54) is 24.9 Å². The SMILES string of the molecule is CC(C)N(CC1CC1)CC(C)(N)c1ccccc1. The molecular formula is C16H26N2. The largest absolute Gasteiger partial charge is 0.321 e. The van der Waals surface area contributed by atoms with E-state index < -0.39 is 0 Å². The van der Waals surface area contributed by atoms with Gasteiger partial charge in [-0.2, -0.15) is 0 Å². The minimum atomic E-state index is -0.263. The molecule has 1 aliphatic carbocycles. The van der Waals surface area contributed by atoms with Crippen molar-refractivity contribution >= 4 is 0 Å². The summed E-state index contributed by atoms with van der Waals surface area (Å²) in [5.74, 6) is 0.916. The molecule has 2 rings (SSSR count). The first-order valence-corrected chi connectivity index (χ1v) is 7.07. The summed E-state index contributed by atoms with van der Waals surface area (Å²) in [5, 5.41) is 0. The van der Waals surface area contributed by atoms with Gasteiger partial charge in [0.2, 0.25) is 0 Å². The summed E-state index contributed by atoms with van der Waals surface area (Å²) in [7, 11) is 0. The highest BCUT2D eigenvalue weighted by atomic mass is 15.2. The van der Waals surface area contributed by atoms with E-state index in [4.69, 9.17) is 5.73 Å². The molecule has 1 fully saturated rings. The molecule has 2 nitrogen and oxygen atoms in total. The molecular weight excluding hydrogens is 220 g/mol. The number of rotatable bonds is 6. The number of nitrogens with two attached hydrogens (primary N) is 1. The van der Waals surface area contributed by atoms with Crippen molar-refractivity contribution in [3.63, 3.8) is 0 Å². The zero-order valence-electron chi connectivity index (χ0n) is 11.9. The molecule has 0 radical (unpaired) electrons. The molecule has 1 saturated carbocycles. The summed E-state index contributed by atoms with van der Waals surface area (Å²) in [5.41, 5.74) is 7.50. The van der Waals surface area contributed by atoms with E-state index >= 15 is 0 Å². The molecule has 2 heteroatoms. The van der Waals surface area contributed by atoms with Crippen molar-refractivity contribution in [1.82, 2.24) is 4.90 Å². The Kier molecular flexibility index (Phi) is 4.08. The lowest BCUT2D eigenvalue weighted by Crippen LogP contribution is -2.48. The molecule has 0 bridgehead atoms. The van der Waals surface area contributed by atoms with E-state index in [1.54, 1.807) is 0 Å². The Morgan fingerprint density at radius 2 is 1.89 bits per heavy atom. The van der Waals surface area contributed by atoms with Crippen LogP contribution < -0.4 is 5.73 Å². The van der Waals surface area contributed by atoms with Gasteiger partial charge in [-0.3, -0.25) is 4.90 Å². The molecule has 1 aromatic rings. The van der Waals surface area contributed by atoms with E-state index in [0.717, 1.165) is 12.5 Å². The Morgan fingerprint density at radius 1 is 1.28 bits per heavy atom. The summed E-state index contributed by atoms with van der Waals surface area (Å²) < 4.78 is 0.